The topological polar surface area (TPSA) is 38.5 Å². The van der Waals surface area contributed by atoms with Gasteiger partial charge >= 0.3 is 0 Å². The van der Waals surface area contributed by atoms with Crippen molar-refractivity contribution in [3.05, 3.63) is 0 Å². The van der Waals surface area contributed by atoms with Gasteiger partial charge in [-0.1, -0.05) is 27.2 Å². The van der Waals surface area contributed by atoms with Gasteiger partial charge in [-0.3, -0.25) is 4.90 Å². The van der Waals surface area contributed by atoms with Gasteiger partial charge in [-0.25, -0.2) is 0 Å². The molecule has 118 valence electrons. The molecular weight excluding hydrogens is 248 g/mol. The van der Waals surface area contributed by atoms with Gasteiger partial charge in [0.2, 0.25) is 0 Å². The number of rotatable bonds is 5. The SMILES string of the molecule is CCCOC1CCCN(C2(CN)CCCC(C)(C)C2)C1. The average Bonchev–Trinajstić information content (AvgIpc) is 2.44. The van der Waals surface area contributed by atoms with Gasteiger partial charge in [-0.15, -0.1) is 0 Å². The van der Waals surface area contributed by atoms with E-state index in [1.165, 1.54) is 45.1 Å². The van der Waals surface area contributed by atoms with Gasteiger partial charge in [0.05, 0.1) is 6.10 Å². The first kappa shape index (κ1) is 16.3. The van der Waals surface area contributed by atoms with Crippen molar-refractivity contribution < 1.29 is 4.74 Å². The smallest absolute Gasteiger partial charge is 0.0702 e. The van der Waals surface area contributed by atoms with Crippen LogP contribution in [0.15, 0.2) is 0 Å². The van der Waals surface area contributed by atoms with Crippen molar-refractivity contribution in [2.24, 2.45) is 11.1 Å². The van der Waals surface area contributed by atoms with E-state index < -0.39 is 0 Å². The van der Waals surface area contributed by atoms with Crippen LogP contribution in [0.25, 0.3) is 0 Å². The Balaban J connectivity index is 2.02. The standard InChI is InChI=1S/C17H34N2O/c1-4-11-20-15-7-5-10-19(12-15)17(14-18)9-6-8-16(2,3)13-17/h15H,4-14,18H2,1-3H3. The molecule has 2 N–H and O–H groups in total. The molecule has 1 aliphatic heterocycles. The molecule has 2 fully saturated rings. The van der Waals surface area contributed by atoms with Crippen LogP contribution in [-0.4, -0.2) is 42.8 Å². The minimum Gasteiger partial charge on any atom is -0.377 e. The first-order chi connectivity index (χ1) is 9.51. The summed E-state index contributed by atoms with van der Waals surface area (Å²) in [5.41, 5.74) is 6.92. The maximum atomic E-state index is 6.25. The Morgan fingerprint density at radius 2 is 2.05 bits per heavy atom. The largest absolute Gasteiger partial charge is 0.377 e. The van der Waals surface area contributed by atoms with Crippen molar-refractivity contribution in [3.8, 4) is 0 Å². The quantitative estimate of drug-likeness (QED) is 0.841. The number of ether oxygens (including phenoxy) is 1. The lowest BCUT2D eigenvalue weighted by molar-refractivity contribution is -0.0614. The van der Waals surface area contributed by atoms with Crippen molar-refractivity contribution >= 4 is 0 Å². The molecule has 0 amide bonds. The van der Waals surface area contributed by atoms with Gasteiger partial charge in [0.25, 0.3) is 0 Å². The van der Waals surface area contributed by atoms with Crippen LogP contribution in [0.1, 0.15) is 65.7 Å². The van der Waals surface area contributed by atoms with Gasteiger partial charge in [0.1, 0.15) is 0 Å². The van der Waals surface area contributed by atoms with E-state index in [4.69, 9.17) is 10.5 Å². The molecule has 2 rings (SSSR count). The molecule has 3 nitrogen and oxygen atoms in total. The zero-order chi connectivity index (χ0) is 14.6. The minimum atomic E-state index is 0.232. The van der Waals surface area contributed by atoms with Gasteiger partial charge in [-0.05, 0) is 50.5 Å². The summed E-state index contributed by atoms with van der Waals surface area (Å²) >= 11 is 0. The first-order valence-electron chi connectivity index (χ1n) is 8.58. The van der Waals surface area contributed by atoms with E-state index in [0.29, 0.717) is 11.5 Å². The minimum absolute atomic E-state index is 0.232. The van der Waals surface area contributed by atoms with Gasteiger partial charge in [-0.2, -0.15) is 0 Å². The molecule has 1 aliphatic carbocycles. The fourth-order valence-electron chi connectivity index (χ4n) is 4.33. The van der Waals surface area contributed by atoms with Crippen LogP contribution in [0.4, 0.5) is 0 Å². The summed E-state index contributed by atoms with van der Waals surface area (Å²) in [6, 6.07) is 0. The number of likely N-dealkylation sites (tertiary alicyclic amines) is 1. The average molecular weight is 282 g/mol. The molecule has 1 saturated heterocycles. The van der Waals surface area contributed by atoms with E-state index in [1.807, 2.05) is 0 Å². The second-order valence-electron chi connectivity index (χ2n) is 7.70. The van der Waals surface area contributed by atoms with Crippen molar-refractivity contribution in [3.63, 3.8) is 0 Å². The van der Waals surface area contributed by atoms with Crippen molar-refractivity contribution in [1.29, 1.82) is 0 Å². The number of nitrogens with two attached hydrogens (primary N) is 1. The molecule has 0 aromatic carbocycles. The number of nitrogens with zero attached hydrogens (tertiary/aromatic N) is 1. The molecule has 1 saturated carbocycles. The highest BCUT2D eigenvalue weighted by molar-refractivity contribution is 5.00. The second kappa shape index (κ2) is 6.76. The number of hydrogen-bond acceptors (Lipinski definition) is 3. The van der Waals surface area contributed by atoms with Gasteiger partial charge < -0.3 is 10.5 Å². The van der Waals surface area contributed by atoms with Crippen molar-refractivity contribution in [1.82, 2.24) is 4.90 Å². The third-order valence-electron chi connectivity index (χ3n) is 5.29. The van der Waals surface area contributed by atoms with E-state index in [2.05, 4.69) is 25.7 Å². The van der Waals surface area contributed by atoms with Crippen LogP contribution in [0, 0.1) is 5.41 Å². The summed E-state index contributed by atoms with van der Waals surface area (Å²) < 4.78 is 6.01. The third kappa shape index (κ3) is 3.75. The molecule has 0 aromatic heterocycles. The van der Waals surface area contributed by atoms with E-state index >= 15 is 0 Å². The zero-order valence-corrected chi connectivity index (χ0v) is 13.8. The Hall–Kier alpha value is -0.120. The Bertz CT molecular complexity index is 305. The second-order valence-corrected chi connectivity index (χ2v) is 7.70. The molecule has 1 heterocycles. The first-order valence-corrected chi connectivity index (χ1v) is 8.58. The number of hydrogen-bond donors (Lipinski definition) is 1. The summed E-state index contributed by atoms with van der Waals surface area (Å²) in [6.45, 7) is 11.0. The molecule has 0 radical (unpaired) electrons. The predicted octanol–water partition coefficient (Wildman–Crippen LogP) is 3.18. The lowest BCUT2D eigenvalue weighted by Gasteiger charge is -2.53. The molecule has 2 atom stereocenters. The molecule has 0 bridgehead atoms. The molecule has 20 heavy (non-hydrogen) atoms. The monoisotopic (exact) mass is 282 g/mol. The van der Waals surface area contributed by atoms with Crippen LogP contribution < -0.4 is 5.73 Å². The molecule has 2 unspecified atom stereocenters. The Morgan fingerprint density at radius 1 is 1.25 bits per heavy atom. The van der Waals surface area contributed by atoms with E-state index in [0.717, 1.165) is 26.1 Å². The van der Waals surface area contributed by atoms with E-state index in [-0.39, 0.29) is 5.54 Å². The fourth-order valence-corrected chi connectivity index (χ4v) is 4.33. The fraction of sp³-hybridized carbons (Fsp3) is 1.00. The molecule has 2 aliphatic rings. The van der Waals surface area contributed by atoms with E-state index in [1.54, 1.807) is 0 Å². The maximum Gasteiger partial charge on any atom is 0.0702 e. The van der Waals surface area contributed by atoms with Gasteiger partial charge in [0.15, 0.2) is 0 Å². The highest BCUT2D eigenvalue weighted by Crippen LogP contribution is 2.44. The maximum absolute atomic E-state index is 6.25. The summed E-state index contributed by atoms with van der Waals surface area (Å²) in [5, 5.41) is 0. The zero-order valence-electron chi connectivity index (χ0n) is 13.8. The summed E-state index contributed by atoms with van der Waals surface area (Å²) in [7, 11) is 0. The van der Waals surface area contributed by atoms with E-state index in [9.17, 15) is 0 Å². The number of piperidine rings is 1. The molecule has 0 aromatic rings. The Morgan fingerprint density at radius 3 is 2.70 bits per heavy atom. The molecule has 0 spiro atoms. The van der Waals surface area contributed by atoms with Crippen LogP contribution >= 0.6 is 0 Å². The van der Waals surface area contributed by atoms with Crippen LogP contribution in [0.5, 0.6) is 0 Å². The molecule has 3 heteroatoms. The Labute approximate surface area is 125 Å². The lowest BCUT2D eigenvalue weighted by atomic mass is 9.67. The normalized spacial score (nSPS) is 35.1. The summed E-state index contributed by atoms with van der Waals surface area (Å²) in [5.74, 6) is 0. The van der Waals surface area contributed by atoms with Crippen molar-refractivity contribution in [2.45, 2.75) is 77.4 Å². The Kier molecular flexibility index (Phi) is 5.49. The highest BCUT2D eigenvalue weighted by Gasteiger charge is 2.44. The molecular formula is C17H34N2O. The third-order valence-corrected chi connectivity index (χ3v) is 5.29. The summed E-state index contributed by atoms with van der Waals surface area (Å²) in [4.78, 5) is 2.68. The highest BCUT2D eigenvalue weighted by atomic mass is 16.5. The van der Waals surface area contributed by atoms with Crippen molar-refractivity contribution in [2.75, 3.05) is 26.2 Å². The van der Waals surface area contributed by atoms with Gasteiger partial charge in [0, 0.05) is 25.2 Å². The lowest BCUT2D eigenvalue weighted by Crippen LogP contribution is -2.61. The van der Waals surface area contributed by atoms with Crippen LogP contribution in [-0.2, 0) is 4.74 Å². The summed E-state index contributed by atoms with van der Waals surface area (Å²) in [6.07, 6.45) is 9.21. The van der Waals surface area contributed by atoms with Crippen LogP contribution in [0.2, 0.25) is 0 Å². The predicted molar refractivity (Wildman–Crippen MR) is 84.9 cm³/mol. The van der Waals surface area contributed by atoms with Crippen LogP contribution in [0.3, 0.4) is 0 Å².